The Labute approximate surface area is 76.9 Å². The monoisotopic (exact) mass is 186 g/mol. The lowest BCUT2D eigenvalue weighted by atomic mass is 9.96. The van der Waals surface area contributed by atoms with Crippen LogP contribution in [0.1, 0.15) is 38.5 Å². The Morgan fingerprint density at radius 1 is 1.31 bits per heavy atom. The second kappa shape index (κ2) is 4.84. The molecular formula is C9H14O4. The highest BCUT2D eigenvalue weighted by atomic mass is 16.5. The summed E-state index contributed by atoms with van der Waals surface area (Å²) in [7, 11) is 0. The van der Waals surface area contributed by atoms with Crippen LogP contribution in [0, 0.1) is 0 Å². The van der Waals surface area contributed by atoms with Crippen molar-refractivity contribution in [2.24, 2.45) is 0 Å². The van der Waals surface area contributed by atoms with Crippen molar-refractivity contribution < 1.29 is 19.4 Å². The van der Waals surface area contributed by atoms with Gasteiger partial charge in [0.05, 0.1) is 0 Å². The molecule has 0 aromatic heterocycles. The van der Waals surface area contributed by atoms with Crippen LogP contribution >= 0.6 is 0 Å². The molecule has 4 nitrogen and oxygen atoms in total. The lowest BCUT2D eigenvalue weighted by Gasteiger charge is -2.25. The lowest BCUT2D eigenvalue weighted by molar-refractivity contribution is -0.153. The standard InChI is InChI=1S/C9H14O4/c10-8(11)5-2-6-9(12)13-7-3-1-4-7/h7H,1-6H2,(H,10,11). The number of ether oxygens (including phenoxy) is 1. The number of carbonyl (C=O) groups excluding carboxylic acids is 1. The number of carbonyl (C=O) groups is 2. The van der Waals surface area contributed by atoms with Crippen LogP contribution < -0.4 is 0 Å². The second-order valence-corrected chi connectivity index (χ2v) is 3.29. The first-order chi connectivity index (χ1) is 6.18. The molecule has 0 saturated heterocycles. The van der Waals surface area contributed by atoms with E-state index in [0.717, 1.165) is 19.3 Å². The first-order valence-corrected chi connectivity index (χ1v) is 4.60. The number of carboxylic acids is 1. The lowest BCUT2D eigenvalue weighted by Crippen LogP contribution is -2.24. The molecule has 1 fully saturated rings. The third-order valence-electron chi connectivity index (χ3n) is 2.12. The Hall–Kier alpha value is -1.06. The van der Waals surface area contributed by atoms with Gasteiger partial charge in [0.2, 0.25) is 0 Å². The van der Waals surface area contributed by atoms with E-state index in [9.17, 15) is 9.59 Å². The van der Waals surface area contributed by atoms with Gasteiger partial charge in [0.25, 0.3) is 0 Å². The third-order valence-corrected chi connectivity index (χ3v) is 2.12. The predicted molar refractivity (Wildman–Crippen MR) is 45.2 cm³/mol. The normalized spacial score (nSPS) is 16.3. The van der Waals surface area contributed by atoms with Crippen molar-refractivity contribution >= 4 is 11.9 Å². The highest BCUT2D eigenvalue weighted by molar-refractivity contribution is 5.71. The fraction of sp³-hybridized carbons (Fsp3) is 0.778. The molecule has 0 unspecified atom stereocenters. The van der Waals surface area contributed by atoms with E-state index in [2.05, 4.69) is 0 Å². The van der Waals surface area contributed by atoms with Gasteiger partial charge in [-0.2, -0.15) is 0 Å². The van der Waals surface area contributed by atoms with E-state index in [1.807, 2.05) is 0 Å². The molecule has 0 spiro atoms. The largest absolute Gasteiger partial charge is 0.481 e. The Kier molecular flexibility index (Phi) is 3.73. The van der Waals surface area contributed by atoms with Crippen molar-refractivity contribution in [1.82, 2.24) is 0 Å². The quantitative estimate of drug-likeness (QED) is 0.658. The van der Waals surface area contributed by atoms with E-state index >= 15 is 0 Å². The summed E-state index contributed by atoms with van der Waals surface area (Å²) in [6, 6.07) is 0. The summed E-state index contributed by atoms with van der Waals surface area (Å²) in [5.41, 5.74) is 0. The minimum Gasteiger partial charge on any atom is -0.481 e. The number of carboxylic acid groups (broad SMARTS) is 1. The highest BCUT2D eigenvalue weighted by Gasteiger charge is 2.21. The molecule has 0 aliphatic heterocycles. The zero-order valence-electron chi connectivity index (χ0n) is 7.49. The highest BCUT2D eigenvalue weighted by Crippen LogP contribution is 2.22. The third kappa shape index (κ3) is 3.92. The summed E-state index contributed by atoms with van der Waals surface area (Å²) in [6.45, 7) is 0. The number of esters is 1. The molecule has 0 aromatic carbocycles. The minimum atomic E-state index is -0.864. The van der Waals surface area contributed by atoms with Crippen molar-refractivity contribution in [3.63, 3.8) is 0 Å². The van der Waals surface area contributed by atoms with Crippen LogP contribution in [0.4, 0.5) is 0 Å². The predicted octanol–water partition coefficient (Wildman–Crippen LogP) is 1.34. The van der Waals surface area contributed by atoms with Gasteiger partial charge in [0.1, 0.15) is 6.10 Å². The van der Waals surface area contributed by atoms with Crippen LogP contribution in [0.5, 0.6) is 0 Å². The van der Waals surface area contributed by atoms with E-state index in [-0.39, 0.29) is 24.9 Å². The van der Waals surface area contributed by atoms with E-state index in [0.29, 0.717) is 6.42 Å². The number of aliphatic carboxylic acids is 1. The smallest absolute Gasteiger partial charge is 0.306 e. The van der Waals surface area contributed by atoms with Gasteiger partial charge in [-0.15, -0.1) is 0 Å². The van der Waals surface area contributed by atoms with Crippen molar-refractivity contribution in [3.05, 3.63) is 0 Å². The van der Waals surface area contributed by atoms with Gasteiger partial charge < -0.3 is 9.84 Å². The van der Waals surface area contributed by atoms with Gasteiger partial charge in [0.15, 0.2) is 0 Å². The fourth-order valence-corrected chi connectivity index (χ4v) is 1.12. The number of rotatable bonds is 5. The maximum absolute atomic E-state index is 11.0. The van der Waals surface area contributed by atoms with Crippen LogP contribution in [-0.4, -0.2) is 23.1 Å². The first-order valence-electron chi connectivity index (χ1n) is 4.60. The van der Waals surface area contributed by atoms with Crippen LogP contribution in [0.2, 0.25) is 0 Å². The van der Waals surface area contributed by atoms with Gasteiger partial charge in [0, 0.05) is 12.8 Å². The van der Waals surface area contributed by atoms with Gasteiger partial charge in [-0.3, -0.25) is 9.59 Å². The Balaban J connectivity index is 2.00. The van der Waals surface area contributed by atoms with Gasteiger partial charge >= 0.3 is 11.9 Å². The van der Waals surface area contributed by atoms with E-state index in [1.54, 1.807) is 0 Å². The Bertz CT molecular complexity index is 196. The summed E-state index contributed by atoms with van der Waals surface area (Å²) >= 11 is 0. The topological polar surface area (TPSA) is 63.6 Å². The number of hydrogen-bond acceptors (Lipinski definition) is 3. The average molecular weight is 186 g/mol. The number of hydrogen-bond donors (Lipinski definition) is 1. The molecule has 0 amide bonds. The molecule has 1 N–H and O–H groups in total. The zero-order chi connectivity index (χ0) is 9.68. The molecule has 0 radical (unpaired) electrons. The molecular weight excluding hydrogens is 172 g/mol. The summed E-state index contributed by atoms with van der Waals surface area (Å²) < 4.78 is 5.04. The second-order valence-electron chi connectivity index (χ2n) is 3.29. The summed E-state index contributed by atoms with van der Waals surface area (Å²) in [4.78, 5) is 21.1. The Morgan fingerprint density at radius 3 is 2.46 bits per heavy atom. The van der Waals surface area contributed by atoms with E-state index < -0.39 is 5.97 Å². The van der Waals surface area contributed by atoms with Crippen LogP contribution in [-0.2, 0) is 14.3 Å². The molecule has 1 aliphatic rings. The maximum atomic E-state index is 11.0. The molecule has 74 valence electrons. The minimum absolute atomic E-state index is 0.0414. The van der Waals surface area contributed by atoms with Gasteiger partial charge in [-0.1, -0.05) is 0 Å². The first kappa shape index (κ1) is 10.0. The fourth-order valence-electron chi connectivity index (χ4n) is 1.12. The molecule has 1 aliphatic carbocycles. The van der Waals surface area contributed by atoms with Crippen molar-refractivity contribution in [3.8, 4) is 0 Å². The molecule has 1 rings (SSSR count). The molecule has 0 heterocycles. The molecule has 0 bridgehead atoms. The summed E-state index contributed by atoms with van der Waals surface area (Å²) in [5.74, 6) is -1.12. The van der Waals surface area contributed by atoms with Crippen LogP contribution in [0.3, 0.4) is 0 Å². The molecule has 1 saturated carbocycles. The zero-order valence-corrected chi connectivity index (χ0v) is 7.49. The van der Waals surface area contributed by atoms with Crippen molar-refractivity contribution in [2.45, 2.75) is 44.6 Å². The molecule has 13 heavy (non-hydrogen) atoms. The summed E-state index contributed by atoms with van der Waals surface area (Å²) in [6.07, 6.45) is 3.81. The van der Waals surface area contributed by atoms with Crippen molar-refractivity contribution in [1.29, 1.82) is 0 Å². The SMILES string of the molecule is O=C(O)CCCC(=O)OC1CCC1. The maximum Gasteiger partial charge on any atom is 0.306 e. The molecule has 4 heteroatoms. The van der Waals surface area contributed by atoms with Crippen LogP contribution in [0.15, 0.2) is 0 Å². The molecule has 0 aromatic rings. The molecule has 0 atom stereocenters. The van der Waals surface area contributed by atoms with E-state index in [4.69, 9.17) is 9.84 Å². The van der Waals surface area contributed by atoms with Crippen molar-refractivity contribution in [2.75, 3.05) is 0 Å². The average Bonchev–Trinajstić information content (AvgIpc) is 1.96. The summed E-state index contributed by atoms with van der Waals surface area (Å²) in [5, 5.41) is 8.31. The van der Waals surface area contributed by atoms with Gasteiger partial charge in [-0.05, 0) is 25.7 Å². The van der Waals surface area contributed by atoms with Crippen LogP contribution in [0.25, 0.3) is 0 Å². The van der Waals surface area contributed by atoms with E-state index in [1.165, 1.54) is 0 Å². The Morgan fingerprint density at radius 2 is 2.00 bits per heavy atom. The van der Waals surface area contributed by atoms with Gasteiger partial charge in [-0.25, -0.2) is 0 Å².